The van der Waals surface area contributed by atoms with Crippen molar-refractivity contribution in [3.63, 3.8) is 0 Å². The Morgan fingerprint density at radius 2 is 2.12 bits per heavy atom. The number of nitrogens with one attached hydrogen (secondary N) is 1. The molecule has 0 aliphatic carbocycles. The summed E-state index contributed by atoms with van der Waals surface area (Å²) in [6.45, 7) is 2.68. The fourth-order valence-corrected chi connectivity index (χ4v) is 4.74. The zero-order chi connectivity index (χ0) is 11.6. The van der Waals surface area contributed by atoms with Crippen molar-refractivity contribution in [2.24, 2.45) is 0 Å². The number of rotatable bonds is 2. The third-order valence-electron chi connectivity index (χ3n) is 2.44. The van der Waals surface area contributed by atoms with Gasteiger partial charge in [-0.1, -0.05) is 11.6 Å². The maximum absolute atomic E-state index is 12.2. The first-order valence-electron chi connectivity index (χ1n) is 5.07. The zero-order valence-corrected chi connectivity index (χ0v) is 11.0. The molecule has 0 saturated carbocycles. The highest BCUT2D eigenvalue weighted by Crippen LogP contribution is 2.28. The molecule has 4 nitrogen and oxygen atoms in total. The van der Waals surface area contributed by atoms with Crippen molar-refractivity contribution < 1.29 is 8.42 Å². The van der Waals surface area contributed by atoms with Crippen LogP contribution in [0.15, 0.2) is 16.3 Å². The highest BCUT2D eigenvalue weighted by atomic mass is 35.5. The fourth-order valence-electron chi connectivity index (χ4n) is 1.62. The van der Waals surface area contributed by atoms with Crippen LogP contribution < -0.4 is 5.32 Å². The molecule has 0 atom stereocenters. The van der Waals surface area contributed by atoms with Crippen LogP contribution in [0.5, 0.6) is 0 Å². The van der Waals surface area contributed by atoms with E-state index in [-0.39, 0.29) is 0 Å². The molecule has 0 amide bonds. The lowest BCUT2D eigenvalue weighted by Gasteiger charge is -2.18. The average Bonchev–Trinajstić information content (AvgIpc) is 2.54. The number of sulfonamides is 1. The fraction of sp³-hybridized carbons (Fsp3) is 0.556. The molecule has 90 valence electrons. The highest BCUT2D eigenvalue weighted by Gasteiger charge is 2.26. The van der Waals surface area contributed by atoms with Gasteiger partial charge in [-0.15, -0.1) is 11.3 Å². The van der Waals surface area contributed by atoms with Gasteiger partial charge < -0.3 is 5.32 Å². The summed E-state index contributed by atoms with van der Waals surface area (Å²) >= 11 is 6.87. The minimum atomic E-state index is -3.34. The van der Waals surface area contributed by atoms with Gasteiger partial charge in [-0.25, -0.2) is 8.42 Å². The first kappa shape index (κ1) is 12.3. The first-order valence-corrected chi connectivity index (χ1v) is 7.70. The molecule has 1 aromatic heterocycles. The Morgan fingerprint density at radius 1 is 1.31 bits per heavy atom. The van der Waals surface area contributed by atoms with Gasteiger partial charge in [0.25, 0.3) is 10.0 Å². The van der Waals surface area contributed by atoms with Crippen LogP contribution in [0.4, 0.5) is 0 Å². The van der Waals surface area contributed by atoms with E-state index >= 15 is 0 Å². The minimum absolute atomic E-state index is 0.333. The highest BCUT2D eigenvalue weighted by molar-refractivity contribution is 7.91. The Morgan fingerprint density at radius 3 is 2.81 bits per heavy atom. The van der Waals surface area contributed by atoms with E-state index in [4.69, 9.17) is 11.6 Å². The van der Waals surface area contributed by atoms with Gasteiger partial charge in [0.15, 0.2) is 0 Å². The molecule has 1 aromatic rings. The standard InChI is InChI=1S/C9H13ClN2O2S2/c10-8-2-3-9(15-8)16(13,14)12-6-1-4-11-5-7-12/h2-3,11H,1,4-7H2. The van der Waals surface area contributed by atoms with Crippen molar-refractivity contribution in [3.05, 3.63) is 16.5 Å². The van der Waals surface area contributed by atoms with E-state index in [0.717, 1.165) is 24.3 Å². The molecule has 16 heavy (non-hydrogen) atoms. The lowest BCUT2D eigenvalue weighted by Crippen LogP contribution is -2.33. The molecular weight excluding hydrogens is 268 g/mol. The molecular formula is C9H13ClN2O2S2. The Balaban J connectivity index is 2.23. The van der Waals surface area contributed by atoms with E-state index in [2.05, 4.69) is 5.32 Å². The zero-order valence-electron chi connectivity index (χ0n) is 8.65. The summed E-state index contributed by atoms with van der Waals surface area (Å²) in [4.78, 5) is 0. The number of thiophene rings is 1. The first-order chi connectivity index (χ1) is 7.60. The van der Waals surface area contributed by atoms with E-state index in [9.17, 15) is 8.42 Å². The Bertz CT molecular complexity index is 450. The van der Waals surface area contributed by atoms with E-state index in [1.54, 1.807) is 12.1 Å². The third kappa shape index (κ3) is 2.57. The number of hydrogen-bond donors (Lipinski definition) is 1. The van der Waals surface area contributed by atoms with Gasteiger partial charge in [-0.05, 0) is 25.1 Å². The monoisotopic (exact) mass is 280 g/mol. The van der Waals surface area contributed by atoms with Crippen LogP contribution in [0.3, 0.4) is 0 Å². The maximum Gasteiger partial charge on any atom is 0.252 e. The SMILES string of the molecule is O=S(=O)(c1ccc(Cl)s1)N1CCCNCC1. The molecule has 1 aliphatic rings. The van der Waals surface area contributed by atoms with E-state index in [1.165, 1.54) is 4.31 Å². The molecule has 1 N–H and O–H groups in total. The predicted octanol–water partition coefficient (Wildman–Crippen LogP) is 1.39. The van der Waals surface area contributed by atoms with Crippen molar-refractivity contribution in [2.75, 3.05) is 26.2 Å². The third-order valence-corrected chi connectivity index (χ3v) is 6.04. The van der Waals surface area contributed by atoms with Crippen molar-refractivity contribution >= 4 is 33.0 Å². The topological polar surface area (TPSA) is 49.4 Å². The van der Waals surface area contributed by atoms with Gasteiger partial charge in [0.2, 0.25) is 0 Å². The number of nitrogens with zero attached hydrogens (tertiary/aromatic N) is 1. The largest absolute Gasteiger partial charge is 0.315 e. The molecule has 0 radical (unpaired) electrons. The van der Waals surface area contributed by atoms with Gasteiger partial charge in [-0.3, -0.25) is 0 Å². The number of hydrogen-bond acceptors (Lipinski definition) is 4. The van der Waals surface area contributed by atoms with E-state index in [1.807, 2.05) is 0 Å². The summed E-state index contributed by atoms with van der Waals surface area (Å²) in [6, 6.07) is 3.19. The van der Waals surface area contributed by atoms with E-state index < -0.39 is 10.0 Å². The van der Waals surface area contributed by atoms with Gasteiger partial charge in [0.1, 0.15) is 4.21 Å². The second kappa shape index (κ2) is 5.01. The van der Waals surface area contributed by atoms with Gasteiger partial charge in [0.05, 0.1) is 4.34 Å². The quantitative estimate of drug-likeness (QED) is 0.891. The summed E-state index contributed by atoms with van der Waals surface area (Å²) in [6.07, 6.45) is 0.846. The van der Waals surface area contributed by atoms with Crippen molar-refractivity contribution in [1.82, 2.24) is 9.62 Å². The summed E-state index contributed by atoms with van der Waals surface area (Å²) < 4.78 is 26.8. The molecule has 0 spiro atoms. The van der Waals surface area contributed by atoms with Crippen LogP contribution in [0, 0.1) is 0 Å². The Hall–Kier alpha value is -0.140. The molecule has 2 rings (SSSR count). The van der Waals surface area contributed by atoms with E-state index in [0.29, 0.717) is 28.2 Å². The van der Waals surface area contributed by atoms with Crippen LogP contribution >= 0.6 is 22.9 Å². The van der Waals surface area contributed by atoms with Crippen molar-refractivity contribution in [1.29, 1.82) is 0 Å². The molecule has 1 fully saturated rings. The molecule has 0 unspecified atom stereocenters. The minimum Gasteiger partial charge on any atom is -0.315 e. The lowest BCUT2D eigenvalue weighted by atomic mass is 10.4. The van der Waals surface area contributed by atoms with Crippen LogP contribution in [0.2, 0.25) is 4.34 Å². The van der Waals surface area contributed by atoms with Crippen molar-refractivity contribution in [2.45, 2.75) is 10.6 Å². The summed E-state index contributed by atoms with van der Waals surface area (Å²) in [5.74, 6) is 0. The van der Waals surface area contributed by atoms with Gasteiger partial charge in [-0.2, -0.15) is 4.31 Å². The molecule has 7 heteroatoms. The molecule has 1 saturated heterocycles. The molecule has 1 aliphatic heterocycles. The maximum atomic E-state index is 12.2. The Labute approximate surface area is 104 Å². The molecule has 2 heterocycles. The smallest absolute Gasteiger partial charge is 0.252 e. The second-order valence-electron chi connectivity index (χ2n) is 3.57. The summed E-state index contributed by atoms with van der Waals surface area (Å²) in [7, 11) is -3.34. The number of halogens is 1. The Kier molecular flexibility index (Phi) is 3.86. The second-order valence-corrected chi connectivity index (χ2v) is 7.45. The molecule has 0 bridgehead atoms. The van der Waals surface area contributed by atoms with Crippen LogP contribution in [0.1, 0.15) is 6.42 Å². The van der Waals surface area contributed by atoms with Crippen LogP contribution in [-0.4, -0.2) is 38.9 Å². The van der Waals surface area contributed by atoms with Crippen LogP contribution in [-0.2, 0) is 10.0 Å². The van der Waals surface area contributed by atoms with Gasteiger partial charge in [0, 0.05) is 19.6 Å². The lowest BCUT2D eigenvalue weighted by molar-refractivity contribution is 0.433. The average molecular weight is 281 g/mol. The summed E-state index contributed by atoms with van der Waals surface area (Å²) in [5, 5.41) is 3.18. The van der Waals surface area contributed by atoms with Crippen molar-refractivity contribution in [3.8, 4) is 0 Å². The normalized spacial score (nSPS) is 19.6. The molecule has 0 aromatic carbocycles. The predicted molar refractivity (Wildman–Crippen MR) is 65.6 cm³/mol. The van der Waals surface area contributed by atoms with Gasteiger partial charge >= 0.3 is 0 Å². The summed E-state index contributed by atoms with van der Waals surface area (Å²) in [5.41, 5.74) is 0. The van der Waals surface area contributed by atoms with Crippen LogP contribution in [0.25, 0.3) is 0 Å².